The molecule has 4 rings (SSSR count). The minimum atomic E-state index is 0.242. The molecular weight excluding hydrogens is 306 g/mol. The Morgan fingerprint density at radius 1 is 1.33 bits per heavy atom. The molecule has 3 aromatic rings. The summed E-state index contributed by atoms with van der Waals surface area (Å²) in [4.78, 5) is 23.3. The number of morpholine rings is 1. The number of aromatic amines is 1. The Morgan fingerprint density at radius 2 is 2.21 bits per heavy atom. The zero-order chi connectivity index (χ0) is 16.7. The lowest BCUT2D eigenvalue weighted by atomic mass is 10.2. The first-order chi connectivity index (χ1) is 11.6. The predicted octanol–water partition coefficient (Wildman–Crippen LogP) is 1.53. The average Bonchev–Trinajstić information content (AvgIpc) is 2.94. The van der Waals surface area contributed by atoms with Gasteiger partial charge in [0.2, 0.25) is 0 Å². The van der Waals surface area contributed by atoms with E-state index in [1.54, 1.807) is 12.3 Å². The Labute approximate surface area is 139 Å². The van der Waals surface area contributed by atoms with Crippen LogP contribution in [0, 0.1) is 6.92 Å². The van der Waals surface area contributed by atoms with Crippen LogP contribution in [0.1, 0.15) is 12.7 Å². The molecule has 0 bridgehead atoms. The average molecular weight is 325 g/mol. The van der Waals surface area contributed by atoms with Gasteiger partial charge in [-0.15, -0.1) is 0 Å². The van der Waals surface area contributed by atoms with Crippen molar-refractivity contribution in [3.8, 4) is 11.4 Å². The van der Waals surface area contributed by atoms with Crippen molar-refractivity contribution in [2.45, 2.75) is 19.9 Å². The molecule has 0 saturated carbocycles. The van der Waals surface area contributed by atoms with Crippen molar-refractivity contribution in [3.05, 3.63) is 24.2 Å². The molecule has 1 fully saturated rings. The summed E-state index contributed by atoms with van der Waals surface area (Å²) in [6.45, 7) is 6.15. The maximum absolute atomic E-state index is 6.05. The fourth-order valence-corrected chi connectivity index (χ4v) is 2.99. The first kappa shape index (κ1) is 14.8. The molecule has 8 heteroatoms. The quantitative estimate of drug-likeness (QED) is 0.736. The van der Waals surface area contributed by atoms with E-state index in [0.717, 1.165) is 34.9 Å². The van der Waals surface area contributed by atoms with E-state index in [2.05, 4.69) is 31.8 Å². The highest BCUT2D eigenvalue weighted by Gasteiger charge is 2.22. The van der Waals surface area contributed by atoms with E-state index < -0.39 is 0 Å². The monoisotopic (exact) mass is 325 g/mol. The maximum Gasteiger partial charge on any atom is 0.166 e. The van der Waals surface area contributed by atoms with E-state index in [4.69, 9.17) is 15.5 Å². The summed E-state index contributed by atoms with van der Waals surface area (Å²) >= 11 is 0. The number of fused-ring (bicyclic) bond motifs is 1. The Bertz CT molecular complexity index is 891. The molecule has 0 aliphatic carbocycles. The summed E-state index contributed by atoms with van der Waals surface area (Å²) in [6, 6.07) is 3.91. The summed E-state index contributed by atoms with van der Waals surface area (Å²) < 4.78 is 5.50. The lowest BCUT2D eigenvalue weighted by Crippen LogP contribution is -2.44. The van der Waals surface area contributed by atoms with Gasteiger partial charge in [0.05, 0.1) is 24.8 Å². The molecule has 1 aliphatic heterocycles. The van der Waals surface area contributed by atoms with E-state index >= 15 is 0 Å². The molecule has 8 nitrogen and oxygen atoms in total. The second-order valence-electron chi connectivity index (χ2n) is 5.97. The third-order valence-corrected chi connectivity index (χ3v) is 4.14. The topological polar surface area (TPSA) is 106 Å². The van der Waals surface area contributed by atoms with Gasteiger partial charge < -0.3 is 20.4 Å². The molecule has 0 spiro atoms. The number of anilines is 2. The van der Waals surface area contributed by atoms with Crippen LogP contribution in [0.5, 0.6) is 0 Å². The van der Waals surface area contributed by atoms with Crippen molar-refractivity contribution in [2.24, 2.45) is 0 Å². The Balaban J connectivity index is 1.83. The Kier molecular flexibility index (Phi) is 3.53. The molecule has 1 atom stereocenters. The molecule has 0 aromatic carbocycles. The van der Waals surface area contributed by atoms with Gasteiger partial charge in [-0.05, 0) is 19.9 Å². The molecule has 0 radical (unpaired) electrons. The zero-order valence-electron chi connectivity index (χ0n) is 13.7. The largest absolute Gasteiger partial charge is 0.384 e. The number of aryl methyl sites for hydroxylation is 1. The summed E-state index contributed by atoms with van der Waals surface area (Å²) in [5.74, 6) is 2.61. The molecule has 1 unspecified atom stereocenters. The highest BCUT2D eigenvalue weighted by atomic mass is 16.5. The molecule has 1 aliphatic rings. The van der Waals surface area contributed by atoms with Crippen LogP contribution >= 0.6 is 0 Å². The molecule has 0 amide bonds. The van der Waals surface area contributed by atoms with Crippen LogP contribution in [0.2, 0.25) is 0 Å². The number of aromatic nitrogens is 5. The van der Waals surface area contributed by atoms with Crippen molar-refractivity contribution in [1.29, 1.82) is 0 Å². The number of rotatable bonds is 2. The van der Waals surface area contributed by atoms with Crippen molar-refractivity contribution < 1.29 is 4.74 Å². The van der Waals surface area contributed by atoms with Crippen LogP contribution in [0.3, 0.4) is 0 Å². The van der Waals surface area contributed by atoms with Crippen molar-refractivity contribution in [3.63, 3.8) is 0 Å². The molecule has 124 valence electrons. The van der Waals surface area contributed by atoms with E-state index in [1.807, 2.05) is 13.0 Å². The van der Waals surface area contributed by atoms with Crippen LogP contribution in [-0.4, -0.2) is 50.7 Å². The van der Waals surface area contributed by atoms with Gasteiger partial charge in [-0.1, -0.05) is 0 Å². The maximum atomic E-state index is 6.05. The minimum Gasteiger partial charge on any atom is -0.384 e. The van der Waals surface area contributed by atoms with Gasteiger partial charge in [0.25, 0.3) is 0 Å². The highest BCUT2D eigenvalue weighted by molar-refractivity contribution is 5.87. The number of H-pyrrole nitrogens is 1. The predicted molar refractivity (Wildman–Crippen MR) is 91.7 cm³/mol. The molecule has 24 heavy (non-hydrogen) atoms. The van der Waals surface area contributed by atoms with Crippen molar-refractivity contribution >= 4 is 22.8 Å². The van der Waals surface area contributed by atoms with Crippen LogP contribution in [0.15, 0.2) is 18.3 Å². The standard InChI is InChI=1S/C16H19N7O/c1-9-8-24-6-5-23(9)13-7-12(17)21-15(22-13)11-3-4-18-16-14(11)19-10(2)20-16/h3-4,7,9H,5-6,8H2,1-2H3,(H2,17,21,22)(H,18,19,20). The number of hydrogen-bond donors (Lipinski definition) is 2. The van der Waals surface area contributed by atoms with Crippen LogP contribution in [-0.2, 0) is 4.74 Å². The summed E-state index contributed by atoms with van der Waals surface area (Å²) in [7, 11) is 0. The summed E-state index contributed by atoms with van der Waals surface area (Å²) in [6.07, 6.45) is 1.72. The number of nitrogen functional groups attached to an aromatic ring is 1. The summed E-state index contributed by atoms with van der Waals surface area (Å²) in [5, 5.41) is 0. The van der Waals surface area contributed by atoms with Gasteiger partial charge in [-0.25, -0.2) is 19.9 Å². The van der Waals surface area contributed by atoms with E-state index in [9.17, 15) is 0 Å². The van der Waals surface area contributed by atoms with Crippen LogP contribution < -0.4 is 10.6 Å². The highest BCUT2D eigenvalue weighted by Crippen LogP contribution is 2.27. The van der Waals surface area contributed by atoms with Gasteiger partial charge in [-0.3, -0.25) is 0 Å². The van der Waals surface area contributed by atoms with E-state index in [-0.39, 0.29) is 6.04 Å². The number of nitrogens with one attached hydrogen (secondary N) is 1. The van der Waals surface area contributed by atoms with Crippen LogP contribution in [0.4, 0.5) is 11.6 Å². The van der Waals surface area contributed by atoms with Gasteiger partial charge >= 0.3 is 0 Å². The lowest BCUT2D eigenvalue weighted by Gasteiger charge is -2.34. The Morgan fingerprint density at radius 3 is 3.04 bits per heavy atom. The van der Waals surface area contributed by atoms with Crippen molar-refractivity contribution in [2.75, 3.05) is 30.4 Å². The third-order valence-electron chi connectivity index (χ3n) is 4.14. The SMILES string of the molecule is Cc1nc2c(-c3nc(N)cc(N4CCOCC4C)n3)ccnc2[nH]1. The lowest BCUT2D eigenvalue weighted by molar-refractivity contribution is 0.0985. The third kappa shape index (κ3) is 2.54. The number of nitrogens with two attached hydrogens (primary N) is 1. The molecule has 3 aromatic heterocycles. The van der Waals surface area contributed by atoms with E-state index in [0.29, 0.717) is 24.9 Å². The molecule has 4 heterocycles. The van der Waals surface area contributed by atoms with Gasteiger partial charge in [0.1, 0.15) is 23.0 Å². The smallest absolute Gasteiger partial charge is 0.166 e. The minimum absolute atomic E-state index is 0.242. The Hall–Kier alpha value is -2.74. The van der Waals surface area contributed by atoms with Gasteiger partial charge in [0, 0.05) is 18.8 Å². The number of imidazole rings is 1. The first-order valence-corrected chi connectivity index (χ1v) is 7.92. The fourth-order valence-electron chi connectivity index (χ4n) is 2.99. The number of nitrogens with zero attached hydrogens (tertiary/aromatic N) is 5. The molecular formula is C16H19N7O. The first-order valence-electron chi connectivity index (χ1n) is 7.92. The van der Waals surface area contributed by atoms with Crippen LogP contribution in [0.25, 0.3) is 22.6 Å². The second-order valence-corrected chi connectivity index (χ2v) is 5.97. The normalized spacial score (nSPS) is 18.2. The number of hydrogen-bond acceptors (Lipinski definition) is 7. The number of ether oxygens (including phenoxy) is 1. The number of pyridine rings is 1. The second kappa shape index (κ2) is 5.72. The summed E-state index contributed by atoms with van der Waals surface area (Å²) in [5.41, 5.74) is 8.33. The molecule has 3 N–H and O–H groups in total. The molecule has 1 saturated heterocycles. The zero-order valence-corrected chi connectivity index (χ0v) is 13.7. The fraction of sp³-hybridized carbons (Fsp3) is 0.375. The van der Waals surface area contributed by atoms with Gasteiger partial charge in [0.15, 0.2) is 11.5 Å². The van der Waals surface area contributed by atoms with Crippen molar-refractivity contribution in [1.82, 2.24) is 24.9 Å². The van der Waals surface area contributed by atoms with Gasteiger partial charge in [-0.2, -0.15) is 0 Å². The van der Waals surface area contributed by atoms with E-state index in [1.165, 1.54) is 0 Å².